The number of amides is 2. The topological polar surface area (TPSA) is 78.9 Å². The molecule has 3 aliphatic heterocycles. The third-order valence-corrected chi connectivity index (χ3v) is 6.16. The summed E-state index contributed by atoms with van der Waals surface area (Å²) < 4.78 is 19.7. The molecule has 2 aromatic carbocycles. The van der Waals surface area contributed by atoms with Crippen LogP contribution in [-0.2, 0) is 9.53 Å². The third kappa shape index (κ3) is 3.39. The van der Waals surface area contributed by atoms with Gasteiger partial charge in [0, 0.05) is 29.8 Å². The van der Waals surface area contributed by atoms with Crippen LogP contribution in [0.25, 0.3) is 11.1 Å². The van der Waals surface area contributed by atoms with E-state index in [9.17, 15) is 19.1 Å². The fourth-order valence-electron chi connectivity index (χ4n) is 4.51. The first-order valence-electron chi connectivity index (χ1n) is 10.6. The number of nitrogens with zero attached hydrogens (tertiary/aromatic N) is 1. The molecule has 0 aromatic heterocycles. The summed E-state index contributed by atoms with van der Waals surface area (Å²) in [7, 11) is 0. The number of allylic oxidation sites excluding steroid dienone is 1. The number of aliphatic hydroxyl groups is 1. The predicted molar refractivity (Wildman–Crippen MR) is 118 cm³/mol. The summed E-state index contributed by atoms with van der Waals surface area (Å²) in [6, 6.07) is 11.4. The molecule has 1 atom stereocenters. The minimum atomic E-state index is -0.698. The fourth-order valence-corrected chi connectivity index (χ4v) is 4.51. The Balaban J connectivity index is 1.48. The Labute approximate surface area is 185 Å². The van der Waals surface area contributed by atoms with E-state index in [2.05, 4.69) is 5.32 Å². The van der Waals surface area contributed by atoms with E-state index in [4.69, 9.17) is 4.74 Å². The van der Waals surface area contributed by atoms with Crippen molar-refractivity contribution in [3.8, 4) is 0 Å². The molecule has 32 heavy (non-hydrogen) atoms. The van der Waals surface area contributed by atoms with E-state index in [0.717, 1.165) is 11.1 Å². The quantitative estimate of drug-likeness (QED) is 0.708. The number of nitrogens with one attached hydrogen (secondary N) is 1. The minimum absolute atomic E-state index is 0.0988. The van der Waals surface area contributed by atoms with E-state index in [1.54, 1.807) is 23.1 Å². The van der Waals surface area contributed by atoms with Crippen molar-refractivity contribution in [2.45, 2.75) is 32.0 Å². The number of likely N-dealkylation sites (tertiary alicyclic amines) is 1. The molecule has 2 amide bonds. The van der Waals surface area contributed by atoms with Crippen LogP contribution >= 0.6 is 0 Å². The maximum Gasteiger partial charge on any atom is 0.260 e. The van der Waals surface area contributed by atoms with Crippen LogP contribution in [0.2, 0.25) is 0 Å². The fraction of sp³-hybridized carbons (Fsp3) is 0.280. The lowest BCUT2D eigenvalue weighted by molar-refractivity contribution is -0.111. The number of β-amino-alcohol motifs (C(OH)–C–C–N with tert-alkyl or cyclic N) is 1. The Morgan fingerprint density at radius 1 is 1.22 bits per heavy atom. The summed E-state index contributed by atoms with van der Waals surface area (Å²) in [6.07, 6.45) is 1.98. The van der Waals surface area contributed by atoms with E-state index in [1.165, 1.54) is 12.1 Å². The second-order valence-corrected chi connectivity index (χ2v) is 8.82. The third-order valence-electron chi connectivity index (χ3n) is 6.16. The Morgan fingerprint density at radius 3 is 2.66 bits per heavy atom. The molecular weight excluding hydrogens is 411 g/mol. The molecule has 0 radical (unpaired) electrons. The first kappa shape index (κ1) is 20.5. The van der Waals surface area contributed by atoms with Crippen molar-refractivity contribution >= 4 is 28.6 Å². The van der Waals surface area contributed by atoms with Gasteiger partial charge in [-0.3, -0.25) is 9.59 Å². The molecule has 0 bridgehead atoms. The van der Waals surface area contributed by atoms with Gasteiger partial charge in [-0.1, -0.05) is 12.1 Å². The average molecular weight is 434 g/mol. The van der Waals surface area contributed by atoms with Gasteiger partial charge in [-0.2, -0.15) is 0 Å². The van der Waals surface area contributed by atoms with Gasteiger partial charge in [0.25, 0.3) is 11.8 Å². The number of carbonyl (C=O) groups excluding carboxylic acids is 2. The molecular formula is C25H23FN2O4. The van der Waals surface area contributed by atoms with Crippen molar-refractivity contribution in [2.75, 3.05) is 18.4 Å². The van der Waals surface area contributed by atoms with Crippen molar-refractivity contribution in [1.29, 1.82) is 0 Å². The number of rotatable bonds is 2. The number of fused-ring (bicyclic) bond motifs is 1. The van der Waals surface area contributed by atoms with E-state index in [0.29, 0.717) is 47.7 Å². The van der Waals surface area contributed by atoms with Crippen molar-refractivity contribution < 1.29 is 23.8 Å². The first-order valence-corrected chi connectivity index (χ1v) is 10.6. The van der Waals surface area contributed by atoms with Gasteiger partial charge in [0.1, 0.15) is 17.2 Å². The number of ether oxygens (including phenoxy) is 1. The number of hydrogen-bond acceptors (Lipinski definition) is 4. The molecule has 7 heteroatoms. The number of anilines is 1. The van der Waals surface area contributed by atoms with Crippen molar-refractivity contribution in [3.63, 3.8) is 0 Å². The maximum atomic E-state index is 13.6. The smallest absolute Gasteiger partial charge is 0.260 e. The summed E-state index contributed by atoms with van der Waals surface area (Å²) in [4.78, 5) is 26.9. The van der Waals surface area contributed by atoms with Crippen molar-refractivity contribution in [3.05, 3.63) is 76.8 Å². The highest BCUT2D eigenvalue weighted by atomic mass is 19.1. The summed E-state index contributed by atoms with van der Waals surface area (Å²) in [5, 5.41) is 12.4. The standard InChI is InChI=1S/C25H23FN2O4/c1-25(2)19(14-3-5-15(6-4-14)24(31)28-10-9-17(29)13-28)12-21(32-25)22-18-8-7-16(26)11-20(18)27-23(22)30/h3-8,11-12,17,29H,9-10,13H2,1-2H3,(H,27,30)/b22-21+. The van der Waals surface area contributed by atoms with E-state index in [1.807, 2.05) is 32.1 Å². The minimum Gasteiger partial charge on any atom is -0.482 e. The van der Waals surface area contributed by atoms with E-state index < -0.39 is 17.5 Å². The molecule has 3 heterocycles. The lowest BCUT2D eigenvalue weighted by Crippen LogP contribution is -2.29. The molecule has 5 rings (SSSR count). The van der Waals surface area contributed by atoms with Gasteiger partial charge in [0.05, 0.1) is 17.4 Å². The van der Waals surface area contributed by atoms with Gasteiger partial charge >= 0.3 is 0 Å². The first-order chi connectivity index (χ1) is 15.2. The zero-order valence-corrected chi connectivity index (χ0v) is 17.8. The van der Waals surface area contributed by atoms with Crippen molar-refractivity contribution in [1.82, 2.24) is 4.90 Å². The highest BCUT2D eigenvalue weighted by Gasteiger charge is 2.38. The Kier molecular flexibility index (Phi) is 4.67. The molecule has 1 unspecified atom stereocenters. The molecule has 6 nitrogen and oxygen atoms in total. The summed E-state index contributed by atoms with van der Waals surface area (Å²) in [6.45, 7) is 4.74. The molecule has 3 aliphatic rings. The SMILES string of the molecule is CC1(C)O/C(=C2/C(=O)Nc3cc(F)ccc32)C=C1c1ccc(C(=O)N2CCC(O)C2)cc1. The molecule has 2 aromatic rings. The Morgan fingerprint density at radius 2 is 1.97 bits per heavy atom. The number of benzene rings is 2. The highest BCUT2D eigenvalue weighted by molar-refractivity contribution is 6.32. The van der Waals surface area contributed by atoms with Gasteiger partial charge in [-0.25, -0.2) is 4.39 Å². The molecule has 0 saturated carbocycles. The zero-order chi connectivity index (χ0) is 22.6. The second kappa shape index (κ2) is 7.31. The molecule has 164 valence electrons. The average Bonchev–Trinajstić information content (AvgIpc) is 3.41. The van der Waals surface area contributed by atoms with Crippen LogP contribution in [0.1, 0.15) is 41.8 Å². The summed E-state index contributed by atoms with van der Waals surface area (Å²) in [5.74, 6) is -0.419. The van der Waals surface area contributed by atoms with Crippen LogP contribution < -0.4 is 5.32 Å². The Hall–Kier alpha value is -3.45. The molecule has 1 saturated heterocycles. The van der Waals surface area contributed by atoms with Gasteiger partial charge < -0.3 is 20.1 Å². The maximum absolute atomic E-state index is 13.6. The van der Waals surface area contributed by atoms with Gasteiger partial charge in [0.15, 0.2) is 0 Å². The second-order valence-electron chi connectivity index (χ2n) is 8.82. The lowest BCUT2D eigenvalue weighted by Gasteiger charge is -2.23. The largest absolute Gasteiger partial charge is 0.482 e. The van der Waals surface area contributed by atoms with E-state index >= 15 is 0 Å². The van der Waals surface area contributed by atoms with Crippen LogP contribution in [0.4, 0.5) is 10.1 Å². The Bertz CT molecular complexity index is 1200. The summed E-state index contributed by atoms with van der Waals surface area (Å²) >= 11 is 0. The van der Waals surface area contributed by atoms with Crippen LogP contribution in [0.3, 0.4) is 0 Å². The number of hydrogen-bond donors (Lipinski definition) is 2. The molecule has 2 N–H and O–H groups in total. The number of halogens is 1. The van der Waals surface area contributed by atoms with Crippen LogP contribution in [0.5, 0.6) is 0 Å². The monoisotopic (exact) mass is 434 g/mol. The lowest BCUT2D eigenvalue weighted by atomic mass is 9.91. The zero-order valence-electron chi connectivity index (χ0n) is 17.8. The van der Waals surface area contributed by atoms with Gasteiger partial charge in [-0.05, 0) is 62.2 Å². The highest BCUT2D eigenvalue weighted by Crippen LogP contribution is 2.44. The summed E-state index contributed by atoms with van der Waals surface area (Å²) in [5.41, 5.74) is 3.02. The van der Waals surface area contributed by atoms with Crippen LogP contribution in [0.15, 0.2) is 54.3 Å². The van der Waals surface area contributed by atoms with Crippen LogP contribution in [0, 0.1) is 5.82 Å². The number of aliphatic hydroxyl groups excluding tert-OH is 1. The normalized spacial score (nSPS) is 23.6. The number of carbonyl (C=O) groups is 2. The van der Waals surface area contributed by atoms with Crippen molar-refractivity contribution in [2.24, 2.45) is 0 Å². The van der Waals surface area contributed by atoms with Gasteiger partial charge in [-0.15, -0.1) is 0 Å². The molecule has 0 aliphatic carbocycles. The van der Waals surface area contributed by atoms with E-state index in [-0.39, 0.29) is 11.8 Å². The van der Waals surface area contributed by atoms with Gasteiger partial charge in [0.2, 0.25) is 0 Å². The molecule has 1 fully saturated rings. The molecule has 0 spiro atoms. The van der Waals surface area contributed by atoms with Crippen LogP contribution in [-0.4, -0.2) is 46.6 Å². The predicted octanol–water partition coefficient (Wildman–Crippen LogP) is 3.59.